The number of aryl methyl sites for hydroxylation is 1. The second kappa shape index (κ2) is 6.44. The maximum Gasteiger partial charge on any atom is 0.223 e. The standard InChI is InChI=1S/C16H21NO2S/c1-11-6-4-5-7-15(11)12(2)17-9-14(8-16(17)19)10-20-13(3)18/h4-7,12,14H,8-10H2,1-3H3. The molecule has 1 fully saturated rings. The summed E-state index contributed by atoms with van der Waals surface area (Å²) in [4.78, 5) is 25.2. The number of benzene rings is 1. The molecular formula is C16H21NO2S. The van der Waals surface area contributed by atoms with Gasteiger partial charge in [0, 0.05) is 25.6 Å². The van der Waals surface area contributed by atoms with E-state index in [9.17, 15) is 9.59 Å². The molecule has 0 saturated carbocycles. The number of thioether (sulfide) groups is 1. The number of likely N-dealkylation sites (tertiary alicyclic amines) is 1. The Labute approximate surface area is 124 Å². The van der Waals surface area contributed by atoms with Gasteiger partial charge in [-0.05, 0) is 30.9 Å². The normalized spacial score (nSPS) is 20.2. The number of amides is 1. The van der Waals surface area contributed by atoms with Crippen LogP contribution in [0.2, 0.25) is 0 Å². The molecule has 1 aliphatic heterocycles. The fourth-order valence-electron chi connectivity index (χ4n) is 2.75. The molecule has 1 aromatic rings. The van der Waals surface area contributed by atoms with Crippen molar-refractivity contribution < 1.29 is 9.59 Å². The second-order valence-electron chi connectivity index (χ2n) is 5.45. The molecule has 108 valence electrons. The Balaban J connectivity index is 2.04. The lowest BCUT2D eigenvalue weighted by molar-refractivity contribution is -0.129. The molecular weight excluding hydrogens is 270 g/mol. The van der Waals surface area contributed by atoms with Gasteiger partial charge >= 0.3 is 0 Å². The third-order valence-corrected chi connectivity index (χ3v) is 4.91. The van der Waals surface area contributed by atoms with Gasteiger partial charge in [-0.3, -0.25) is 9.59 Å². The van der Waals surface area contributed by atoms with Gasteiger partial charge in [-0.1, -0.05) is 36.0 Å². The van der Waals surface area contributed by atoms with Crippen LogP contribution < -0.4 is 0 Å². The molecule has 0 aromatic heterocycles. The van der Waals surface area contributed by atoms with E-state index in [0.29, 0.717) is 12.3 Å². The molecule has 0 aliphatic carbocycles. The zero-order chi connectivity index (χ0) is 14.7. The summed E-state index contributed by atoms with van der Waals surface area (Å²) in [6.45, 7) is 6.50. The average molecular weight is 291 g/mol. The lowest BCUT2D eigenvalue weighted by Gasteiger charge is -2.26. The van der Waals surface area contributed by atoms with Gasteiger partial charge in [-0.25, -0.2) is 0 Å². The summed E-state index contributed by atoms with van der Waals surface area (Å²) in [7, 11) is 0. The number of hydrogen-bond acceptors (Lipinski definition) is 3. The van der Waals surface area contributed by atoms with E-state index in [1.807, 2.05) is 17.0 Å². The first kappa shape index (κ1) is 15.1. The van der Waals surface area contributed by atoms with E-state index in [2.05, 4.69) is 26.0 Å². The van der Waals surface area contributed by atoms with Crippen LogP contribution >= 0.6 is 11.8 Å². The Morgan fingerprint density at radius 3 is 2.80 bits per heavy atom. The molecule has 2 atom stereocenters. The summed E-state index contributed by atoms with van der Waals surface area (Å²) in [6, 6.07) is 8.31. The van der Waals surface area contributed by atoms with E-state index in [1.54, 1.807) is 6.92 Å². The first-order valence-electron chi connectivity index (χ1n) is 6.97. The van der Waals surface area contributed by atoms with Crippen molar-refractivity contribution in [2.24, 2.45) is 5.92 Å². The molecule has 1 aromatic carbocycles. The Morgan fingerprint density at radius 1 is 1.45 bits per heavy atom. The quantitative estimate of drug-likeness (QED) is 0.855. The van der Waals surface area contributed by atoms with Crippen LogP contribution in [-0.4, -0.2) is 28.2 Å². The van der Waals surface area contributed by atoms with Crippen molar-refractivity contribution in [3.63, 3.8) is 0 Å². The van der Waals surface area contributed by atoms with Gasteiger partial charge in [0.15, 0.2) is 5.12 Å². The predicted octanol–water partition coefficient (Wildman–Crippen LogP) is 3.18. The largest absolute Gasteiger partial charge is 0.336 e. The Hall–Kier alpha value is -1.29. The highest BCUT2D eigenvalue weighted by Crippen LogP contribution is 2.31. The van der Waals surface area contributed by atoms with E-state index in [4.69, 9.17) is 0 Å². The maximum absolute atomic E-state index is 12.2. The molecule has 3 nitrogen and oxygen atoms in total. The minimum absolute atomic E-state index is 0.107. The summed E-state index contributed by atoms with van der Waals surface area (Å²) in [6.07, 6.45) is 0.566. The van der Waals surface area contributed by atoms with Gasteiger partial charge < -0.3 is 4.90 Å². The van der Waals surface area contributed by atoms with Gasteiger partial charge in [-0.2, -0.15) is 0 Å². The smallest absolute Gasteiger partial charge is 0.223 e. The van der Waals surface area contributed by atoms with E-state index >= 15 is 0 Å². The molecule has 0 bridgehead atoms. The molecule has 2 rings (SSSR count). The number of rotatable bonds is 4. The monoisotopic (exact) mass is 291 g/mol. The van der Waals surface area contributed by atoms with Crippen LogP contribution in [0.4, 0.5) is 0 Å². The molecule has 20 heavy (non-hydrogen) atoms. The first-order valence-corrected chi connectivity index (χ1v) is 7.96. The SMILES string of the molecule is CC(=O)SCC1CC(=O)N(C(C)c2ccccc2C)C1. The Morgan fingerprint density at radius 2 is 2.15 bits per heavy atom. The third-order valence-electron chi connectivity index (χ3n) is 3.87. The molecule has 4 heteroatoms. The van der Waals surface area contributed by atoms with Gasteiger partial charge in [0.25, 0.3) is 0 Å². The summed E-state index contributed by atoms with van der Waals surface area (Å²) >= 11 is 1.33. The topological polar surface area (TPSA) is 37.4 Å². The van der Waals surface area contributed by atoms with Crippen molar-refractivity contribution in [1.29, 1.82) is 0 Å². The fourth-order valence-corrected chi connectivity index (χ4v) is 3.45. The molecule has 1 aliphatic rings. The summed E-state index contributed by atoms with van der Waals surface area (Å²) in [5, 5.41) is 0.128. The third kappa shape index (κ3) is 3.42. The summed E-state index contributed by atoms with van der Waals surface area (Å²) in [5.41, 5.74) is 2.43. The second-order valence-corrected chi connectivity index (χ2v) is 6.65. The van der Waals surface area contributed by atoms with Crippen molar-refractivity contribution in [3.8, 4) is 0 Å². The minimum atomic E-state index is 0.107. The van der Waals surface area contributed by atoms with E-state index in [0.717, 1.165) is 12.3 Å². The van der Waals surface area contributed by atoms with Crippen LogP contribution in [0.3, 0.4) is 0 Å². The molecule has 2 unspecified atom stereocenters. The molecule has 0 radical (unpaired) electrons. The highest BCUT2D eigenvalue weighted by atomic mass is 32.2. The van der Waals surface area contributed by atoms with Crippen LogP contribution in [0.25, 0.3) is 0 Å². The van der Waals surface area contributed by atoms with Crippen LogP contribution in [0, 0.1) is 12.8 Å². The van der Waals surface area contributed by atoms with Crippen molar-refractivity contribution in [2.75, 3.05) is 12.3 Å². The van der Waals surface area contributed by atoms with E-state index < -0.39 is 0 Å². The van der Waals surface area contributed by atoms with Crippen LogP contribution in [0.5, 0.6) is 0 Å². The Kier molecular flexibility index (Phi) is 4.86. The fraction of sp³-hybridized carbons (Fsp3) is 0.500. The van der Waals surface area contributed by atoms with Crippen molar-refractivity contribution >= 4 is 22.8 Å². The molecule has 0 spiro atoms. The van der Waals surface area contributed by atoms with Crippen LogP contribution in [0.1, 0.15) is 37.4 Å². The predicted molar refractivity (Wildman–Crippen MR) is 82.6 cm³/mol. The zero-order valence-electron chi connectivity index (χ0n) is 12.3. The number of carbonyl (C=O) groups is 2. The number of nitrogens with zero attached hydrogens (tertiary/aromatic N) is 1. The summed E-state index contributed by atoms with van der Waals surface area (Å²) < 4.78 is 0. The maximum atomic E-state index is 12.2. The lowest BCUT2D eigenvalue weighted by Crippen LogP contribution is -2.29. The first-order chi connectivity index (χ1) is 9.49. The van der Waals surface area contributed by atoms with Crippen molar-refractivity contribution in [2.45, 2.75) is 33.2 Å². The summed E-state index contributed by atoms with van der Waals surface area (Å²) in [5.74, 6) is 1.25. The number of hydrogen-bond donors (Lipinski definition) is 0. The lowest BCUT2D eigenvalue weighted by atomic mass is 10.0. The van der Waals surface area contributed by atoms with Crippen molar-refractivity contribution in [1.82, 2.24) is 4.90 Å². The minimum Gasteiger partial charge on any atom is -0.336 e. The average Bonchev–Trinajstić information content (AvgIpc) is 2.77. The molecule has 1 saturated heterocycles. The van der Waals surface area contributed by atoms with Gasteiger partial charge in [0.05, 0.1) is 6.04 Å². The van der Waals surface area contributed by atoms with Crippen LogP contribution in [0.15, 0.2) is 24.3 Å². The van der Waals surface area contributed by atoms with Gasteiger partial charge in [0.1, 0.15) is 0 Å². The Bertz CT molecular complexity index is 515. The van der Waals surface area contributed by atoms with Crippen LogP contribution in [-0.2, 0) is 9.59 Å². The van der Waals surface area contributed by atoms with Gasteiger partial charge in [0.2, 0.25) is 5.91 Å². The molecule has 1 amide bonds. The zero-order valence-corrected chi connectivity index (χ0v) is 13.1. The highest BCUT2D eigenvalue weighted by Gasteiger charge is 2.33. The van der Waals surface area contributed by atoms with Crippen molar-refractivity contribution in [3.05, 3.63) is 35.4 Å². The van der Waals surface area contributed by atoms with Gasteiger partial charge in [-0.15, -0.1) is 0 Å². The highest BCUT2D eigenvalue weighted by molar-refractivity contribution is 8.13. The molecule has 0 N–H and O–H groups in total. The number of carbonyl (C=O) groups excluding carboxylic acids is 2. The van der Waals surface area contributed by atoms with E-state index in [-0.39, 0.29) is 17.1 Å². The molecule has 1 heterocycles. The van der Waals surface area contributed by atoms with E-state index in [1.165, 1.54) is 22.9 Å².